The highest BCUT2D eigenvalue weighted by molar-refractivity contribution is 5.92. The number of likely N-dealkylation sites (N-methyl/N-ethyl adjacent to an activating group) is 1. The van der Waals surface area contributed by atoms with E-state index < -0.39 is 0 Å². The molecule has 0 aromatic heterocycles. The number of amides is 2. The Balaban J connectivity index is 1.61. The first-order valence-electron chi connectivity index (χ1n) is 10.6. The van der Waals surface area contributed by atoms with Crippen molar-refractivity contribution < 1.29 is 23.8 Å². The van der Waals surface area contributed by atoms with Crippen molar-refractivity contribution in [2.45, 2.75) is 18.9 Å². The third-order valence-electron chi connectivity index (χ3n) is 5.54. The van der Waals surface area contributed by atoms with E-state index in [4.69, 9.17) is 14.2 Å². The average Bonchev–Trinajstić information content (AvgIpc) is 3.28. The van der Waals surface area contributed by atoms with E-state index in [-0.39, 0.29) is 30.9 Å². The number of hydrogen-bond acceptors (Lipinski definition) is 6. The normalized spacial score (nSPS) is 15.5. The van der Waals surface area contributed by atoms with Crippen LogP contribution in [-0.4, -0.2) is 69.6 Å². The lowest BCUT2D eigenvalue weighted by atomic mass is 10.0. The molecule has 1 saturated heterocycles. The number of hydrogen-bond donors (Lipinski definition) is 1. The molecule has 2 aromatic carbocycles. The first-order valence-corrected chi connectivity index (χ1v) is 10.6. The number of benzene rings is 2. The van der Waals surface area contributed by atoms with Crippen LogP contribution >= 0.6 is 0 Å². The molecule has 3 rings (SSSR count). The number of methoxy groups -OCH3 is 3. The van der Waals surface area contributed by atoms with Gasteiger partial charge in [0.15, 0.2) is 0 Å². The number of likely N-dealkylation sites (tertiary alicyclic amines) is 1. The first-order chi connectivity index (χ1) is 15.4. The summed E-state index contributed by atoms with van der Waals surface area (Å²) in [5.74, 6) is 1.92. The van der Waals surface area contributed by atoms with Crippen molar-refractivity contribution in [3.05, 3.63) is 48.0 Å². The molecule has 8 nitrogen and oxygen atoms in total. The Hall–Kier alpha value is -3.26. The molecule has 1 unspecified atom stereocenters. The molecule has 1 heterocycles. The number of carbonyl (C=O) groups excluding carboxylic acids is 2. The molecule has 0 bridgehead atoms. The maximum absolute atomic E-state index is 13.1. The SMILES string of the molecule is COc1cccc(NC(=O)CN(C)CC(=O)N2CCCC2c2cc(OC)ccc2OC)c1. The summed E-state index contributed by atoms with van der Waals surface area (Å²) >= 11 is 0. The van der Waals surface area contributed by atoms with E-state index >= 15 is 0 Å². The van der Waals surface area contributed by atoms with Crippen LogP contribution in [0.4, 0.5) is 5.69 Å². The quantitative estimate of drug-likeness (QED) is 0.645. The number of nitrogens with zero attached hydrogens (tertiary/aromatic N) is 2. The van der Waals surface area contributed by atoms with E-state index in [0.717, 1.165) is 29.9 Å². The smallest absolute Gasteiger partial charge is 0.238 e. The van der Waals surface area contributed by atoms with Crippen LogP contribution in [0.3, 0.4) is 0 Å². The van der Waals surface area contributed by atoms with Gasteiger partial charge in [-0.1, -0.05) is 6.07 Å². The molecular formula is C24H31N3O5. The van der Waals surface area contributed by atoms with Crippen LogP contribution in [0.2, 0.25) is 0 Å². The van der Waals surface area contributed by atoms with Crippen LogP contribution in [0.5, 0.6) is 17.2 Å². The summed E-state index contributed by atoms with van der Waals surface area (Å²) in [5.41, 5.74) is 1.59. The van der Waals surface area contributed by atoms with Crippen LogP contribution in [0.25, 0.3) is 0 Å². The minimum atomic E-state index is -0.194. The molecule has 2 amide bonds. The van der Waals surface area contributed by atoms with Crippen LogP contribution < -0.4 is 19.5 Å². The summed E-state index contributed by atoms with van der Waals surface area (Å²) < 4.78 is 16.1. The second-order valence-electron chi connectivity index (χ2n) is 7.81. The van der Waals surface area contributed by atoms with Gasteiger partial charge < -0.3 is 24.4 Å². The van der Waals surface area contributed by atoms with Crippen molar-refractivity contribution in [2.24, 2.45) is 0 Å². The lowest BCUT2D eigenvalue weighted by Gasteiger charge is -2.28. The zero-order chi connectivity index (χ0) is 23.1. The molecule has 0 spiro atoms. The number of ether oxygens (including phenoxy) is 3. The summed E-state index contributed by atoms with van der Waals surface area (Å²) in [7, 11) is 6.59. The summed E-state index contributed by atoms with van der Waals surface area (Å²) in [6, 6.07) is 12.7. The molecule has 2 aromatic rings. The summed E-state index contributed by atoms with van der Waals surface area (Å²) in [5, 5.41) is 2.84. The minimum absolute atomic E-state index is 0.0194. The van der Waals surface area contributed by atoms with Gasteiger partial charge in [0.2, 0.25) is 11.8 Å². The molecule has 1 N–H and O–H groups in total. The molecule has 32 heavy (non-hydrogen) atoms. The molecule has 0 radical (unpaired) electrons. The van der Waals surface area contributed by atoms with E-state index in [1.807, 2.05) is 35.2 Å². The van der Waals surface area contributed by atoms with Gasteiger partial charge in [-0.3, -0.25) is 14.5 Å². The van der Waals surface area contributed by atoms with Crippen molar-refractivity contribution >= 4 is 17.5 Å². The Morgan fingerprint density at radius 1 is 1.03 bits per heavy atom. The van der Waals surface area contributed by atoms with Crippen molar-refractivity contribution in [3.63, 3.8) is 0 Å². The molecule has 8 heteroatoms. The Morgan fingerprint density at radius 3 is 2.50 bits per heavy atom. The lowest BCUT2D eigenvalue weighted by Crippen LogP contribution is -2.41. The monoisotopic (exact) mass is 441 g/mol. The fraction of sp³-hybridized carbons (Fsp3) is 0.417. The van der Waals surface area contributed by atoms with E-state index in [0.29, 0.717) is 18.0 Å². The molecule has 1 fully saturated rings. The molecular weight excluding hydrogens is 410 g/mol. The molecule has 0 saturated carbocycles. The fourth-order valence-corrected chi connectivity index (χ4v) is 4.01. The largest absolute Gasteiger partial charge is 0.497 e. The maximum atomic E-state index is 13.1. The standard InChI is InChI=1S/C24H31N3O5/c1-26(15-23(28)25-17-7-5-8-18(13-17)30-2)16-24(29)27-12-6-9-21(27)20-14-19(31-3)10-11-22(20)32-4/h5,7-8,10-11,13-14,21H,6,9,12,15-16H2,1-4H3,(H,25,28). The highest BCUT2D eigenvalue weighted by Crippen LogP contribution is 2.38. The zero-order valence-electron chi connectivity index (χ0n) is 19.1. The number of nitrogens with one attached hydrogen (secondary N) is 1. The highest BCUT2D eigenvalue weighted by Gasteiger charge is 2.32. The summed E-state index contributed by atoms with van der Waals surface area (Å²) in [6.07, 6.45) is 1.77. The van der Waals surface area contributed by atoms with Gasteiger partial charge in [-0.15, -0.1) is 0 Å². The van der Waals surface area contributed by atoms with Crippen LogP contribution in [0, 0.1) is 0 Å². The van der Waals surface area contributed by atoms with Gasteiger partial charge in [-0.05, 0) is 50.2 Å². The molecule has 1 aliphatic rings. The van der Waals surface area contributed by atoms with E-state index in [9.17, 15) is 9.59 Å². The Morgan fingerprint density at radius 2 is 1.78 bits per heavy atom. The zero-order valence-corrected chi connectivity index (χ0v) is 19.1. The van der Waals surface area contributed by atoms with Gasteiger partial charge in [-0.2, -0.15) is 0 Å². The van der Waals surface area contributed by atoms with E-state index in [1.165, 1.54) is 0 Å². The first kappa shape index (κ1) is 23.4. The summed E-state index contributed by atoms with van der Waals surface area (Å²) in [6.45, 7) is 0.923. The fourth-order valence-electron chi connectivity index (χ4n) is 4.01. The number of anilines is 1. The minimum Gasteiger partial charge on any atom is -0.497 e. The lowest BCUT2D eigenvalue weighted by molar-refractivity contribution is -0.133. The van der Waals surface area contributed by atoms with Gasteiger partial charge in [0.1, 0.15) is 17.2 Å². The van der Waals surface area contributed by atoms with E-state index in [2.05, 4.69) is 5.32 Å². The third kappa shape index (κ3) is 5.70. The van der Waals surface area contributed by atoms with Gasteiger partial charge >= 0.3 is 0 Å². The molecule has 0 aliphatic carbocycles. The van der Waals surface area contributed by atoms with Crippen LogP contribution in [0.1, 0.15) is 24.4 Å². The van der Waals surface area contributed by atoms with E-state index in [1.54, 1.807) is 45.4 Å². The predicted molar refractivity (Wildman–Crippen MR) is 122 cm³/mol. The van der Waals surface area contributed by atoms with Crippen molar-refractivity contribution in [2.75, 3.05) is 53.3 Å². The van der Waals surface area contributed by atoms with Crippen LogP contribution in [0.15, 0.2) is 42.5 Å². The molecule has 172 valence electrons. The second kappa shape index (κ2) is 10.9. The molecule has 1 atom stereocenters. The average molecular weight is 442 g/mol. The topological polar surface area (TPSA) is 80.3 Å². The van der Waals surface area contributed by atoms with Crippen molar-refractivity contribution in [1.29, 1.82) is 0 Å². The van der Waals surface area contributed by atoms with Gasteiger partial charge in [-0.25, -0.2) is 0 Å². The summed E-state index contributed by atoms with van der Waals surface area (Å²) in [4.78, 5) is 29.1. The van der Waals surface area contributed by atoms with Crippen molar-refractivity contribution in [3.8, 4) is 17.2 Å². The molecule has 1 aliphatic heterocycles. The predicted octanol–water partition coefficient (Wildman–Crippen LogP) is 2.95. The maximum Gasteiger partial charge on any atom is 0.238 e. The highest BCUT2D eigenvalue weighted by atomic mass is 16.5. The third-order valence-corrected chi connectivity index (χ3v) is 5.54. The number of carbonyl (C=O) groups is 2. The second-order valence-corrected chi connectivity index (χ2v) is 7.81. The Labute approximate surface area is 189 Å². The van der Waals surface area contributed by atoms with Crippen LogP contribution in [-0.2, 0) is 9.59 Å². The Bertz CT molecular complexity index is 949. The van der Waals surface area contributed by atoms with Gasteiger partial charge in [0, 0.05) is 23.9 Å². The van der Waals surface area contributed by atoms with Crippen molar-refractivity contribution in [1.82, 2.24) is 9.80 Å². The van der Waals surface area contributed by atoms with Gasteiger partial charge in [0.05, 0.1) is 40.5 Å². The Kier molecular flexibility index (Phi) is 7.94. The van der Waals surface area contributed by atoms with Gasteiger partial charge in [0.25, 0.3) is 0 Å². The number of rotatable bonds is 9.